The summed E-state index contributed by atoms with van der Waals surface area (Å²) in [4.78, 5) is 146. The van der Waals surface area contributed by atoms with Gasteiger partial charge in [0.05, 0.1) is 50.1 Å². The van der Waals surface area contributed by atoms with Gasteiger partial charge in [0.25, 0.3) is 0 Å². The molecule has 0 amide bonds. The fraction of sp³-hybridized carbons (Fsp3) is 0.229. The largest absolute Gasteiger partial charge is 0.463 e. The molecule has 1 N–H and O–H groups in total. The summed E-state index contributed by atoms with van der Waals surface area (Å²) in [5.41, 5.74) is -0.607. The Morgan fingerprint density at radius 3 is 0.725 bits per heavy atom. The van der Waals surface area contributed by atoms with Crippen molar-refractivity contribution in [2.75, 3.05) is 19.8 Å². The van der Waals surface area contributed by atoms with E-state index in [4.69, 9.17) is 71.1 Å². The minimum Gasteiger partial charge on any atom is -0.463 e. The van der Waals surface area contributed by atoms with Crippen molar-refractivity contribution in [2.45, 2.75) is 99.0 Å². The first kappa shape index (κ1) is 76.1. The van der Waals surface area contributed by atoms with Gasteiger partial charge in [0, 0.05) is 6.92 Å². The monoisotopic (exact) mass is 1480 g/mol. The summed E-state index contributed by atoms with van der Waals surface area (Å²) in [5.74, 6) is -10.7. The van der Waals surface area contributed by atoms with Crippen LogP contribution in [-0.2, 0) is 75.8 Å². The quantitative estimate of drug-likeness (QED) is 0.0389. The third-order valence-electron chi connectivity index (χ3n) is 17.4. The van der Waals surface area contributed by atoms with Gasteiger partial charge in [-0.1, -0.05) is 164 Å². The van der Waals surface area contributed by atoms with E-state index in [1.54, 1.807) is 78.9 Å². The summed E-state index contributed by atoms with van der Waals surface area (Å²) in [6.07, 6.45) is -32.0. The van der Waals surface area contributed by atoms with E-state index in [0.717, 1.165) is 6.92 Å². The first-order valence-corrected chi connectivity index (χ1v) is 34.4. The van der Waals surface area contributed by atoms with E-state index in [0.29, 0.717) is 0 Å². The second-order valence-corrected chi connectivity index (χ2v) is 24.7. The van der Waals surface area contributed by atoms with Crippen LogP contribution in [0.2, 0.25) is 0 Å². The van der Waals surface area contributed by atoms with Crippen LogP contribution >= 0.6 is 0 Å². The maximum Gasteiger partial charge on any atom is 0.338 e. The molecule has 26 nitrogen and oxygen atoms in total. The number of hydrogen-bond acceptors (Lipinski definition) is 26. The van der Waals surface area contributed by atoms with E-state index in [9.17, 15) is 38.7 Å². The smallest absolute Gasteiger partial charge is 0.338 e. The molecule has 3 heterocycles. The Balaban J connectivity index is 1.07. The van der Waals surface area contributed by atoms with E-state index in [2.05, 4.69) is 0 Å². The highest BCUT2D eigenvalue weighted by atomic mass is 16.8. The standard InChI is InChI=1S/C83H70O26/c1-50(84)95-47-61-64(102-75(88)54-35-17-5-18-36-54)67(104-77(90)56-39-21-7-22-40-56)70(106-79(92)58-43-25-9-26-44-58)82(99-61)109-68-65(103-76(89)55-37-19-6-20-38-55)62(49-97-73(86)52-31-13-3-14-32-52)100-83(71(68)107-80(93)59-45-27-10-28-46-59)108-66-63(101-74(87)53-33-15-4-16-34-53)60(48-96-72(85)51-29-11-2-12-30-51)98-81(94)69(66)105-78(91)57-41-23-8-24-42-57/h2-46,60-71,81-83,94H,47-49H2,1H3/t60-,61+,62-,63-,64+,65+,66+,67+,68+,69-,70+,71-,81-,82+,83-/m1/s1. The number of aliphatic hydroxyl groups is 1. The van der Waals surface area contributed by atoms with Crippen LogP contribution in [0, 0.1) is 0 Å². The highest BCUT2D eigenvalue weighted by Gasteiger charge is 2.61. The third-order valence-corrected chi connectivity index (χ3v) is 17.4. The van der Waals surface area contributed by atoms with E-state index in [-0.39, 0.29) is 50.1 Å². The second-order valence-electron chi connectivity index (χ2n) is 24.7. The van der Waals surface area contributed by atoms with E-state index in [1.807, 2.05) is 0 Å². The van der Waals surface area contributed by atoms with Crippen LogP contribution in [-0.4, -0.2) is 177 Å². The Morgan fingerprint density at radius 1 is 0.248 bits per heavy atom. The average Bonchev–Trinajstić information content (AvgIpc) is 0.754. The van der Waals surface area contributed by atoms with Gasteiger partial charge in [0.15, 0.2) is 61.6 Å². The van der Waals surface area contributed by atoms with Crippen molar-refractivity contribution in [3.05, 3.63) is 323 Å². The minimum atomic E-state index is -2.39. The summed E-state index contributed by atoms with van der Waals surface area (Å²) in [6.45, 7) is -1.60. The summed E-state index contributed by atoms with van der Waals surface area (Å²) in [6, 6.07) is 67.2. The highest BCUT2D eigenvalue weighted by molar-refractivity contribution is 5.94. The molecule has 0 spiro atoms. The summed E-state index contributed by atoms with van der Waals surface area (Å²) < 4.78 is 96.3. The lowest BCUT2D eigenvalue weighted by Crippen LogP contribution is -2.69. The van der Waals surface area contributed by atoms with Crippen molar-refractivity contribution in [3.63, 3.8) is 0 Å². The van der Waals surface area contributed by atoms with Gasteiger partial charge in [-0.15, -0.1) is 0 Å². The van der Waals surface area contributed by atoms with Crippen LogP contribution in [0.1, 0.15) is 100 Å². The Kier molecular flexibility index (Phi) is 25.6. The second kappa shape index (κ2) is 36.6. The Bertz CT molecular complexity index is 4570. The van der Waals surface area contributed by atoms with Crippen molar-refractivity contribution >= 4 is 59.7 Å². The van der Waals surface area contributed by atoms with Gasteiger partial charge in [-0.05, 0) is 109 Å². The predicted molar refractivity (Wildman–Crippen MR) is 378 cm³/mol. The minimum absolute atomic E-state index is 0.00358. The number of carbonyl (C=O) groups is 10. The number of benzene rings is 9. The lowest BCUT2D eigenvalue weighted by atomic mass is 9.94. The van der Waals surface area contributed by atoms with Crippen molar-refractivity contribution in [1.29, 1.82) is 0 Å². The Hall–Kier alpha value is -12.6. The van der Waals surface area contributed by atoms with Gasteiger partial charge >= 0.3 is 59.7 Å². The summed E-state index contributed by atoms with van der Waals surface area (Å²) >= 11 is 0. The van der Waals surface area contributed by atoms with Gasteiger partial charge in [0.2, 0.25) is 0 Å². The molecule has 0 aliphatic carbocycles. The molecule has 3 saturated heterocycles. The molecule has 0 radical (unpaired) electrons. The van der Waals surface area contributed by atoms with Crippen molar-refractivity contribution < 1.29 is 124 Å². The molecule has 15 atom stereocenters. The molecule has 3 aliphatic rings. The van der Waals surface area contributed by atoms with Gasteiger partial charge < -0.3 is 76.2 Å². The molecule has 12 rings (SSSR count). The van der Waals surface area contributed by atoms with Crippen LogP contribution in [0.4, 0.5) is 0 Å². The van der Waals surface area contributed by atoms with Crippen LogP contribution in [0.15, 0.2) is 273 Å². The SMILES string of the molecule is CC(=O)OC[C@@H]1O[C@@H](O[C@H]2[C@@H](OC(=O)c3ccccc3)[C@@H](COC(=O)c3ccccc3)O[C@H](O[C@@H]3[C@@H](OC(=O)c4ccccc4)[C@H](O)O[C@H](COC(=O)c4ccccc4)[C@H]3OC(=O)c3ccccc3)[C@@H]2OC(=O)c2ccccc2)[C@@H](OC(=O)c2ccccc2)[C@@H](OC(=O)c2ccccc2)[C@H]1OC(=O)c1ccccc1. The zero-order valence-electron chi connectivity index (χ0n) is 57.9. The number of hydrogen-bond donors (Lipinski definition) is 1. The van der Waals surface area contributed by atoms with Crippen molar-refractivity contribution in [1.82, 2.24) is 0 Å². The number of ether oxygens (including phenoxy) is 15. The van der Waals surface area contributed by atoms with E-state index < -0.39 is 172 Å². The van der Waals surface area contributed by atoms with Gasteiger partial charge in [-0.25, -0.2) is 43.2 Å². The third kappa shape index (κ3) is 19.6. The van der Waals surface area contributed by atoms with Crippen LogP contribution in [0.3, 0.4) is 0 Å². The highest BCUT2D eigenvalue weighted by Crippen LogP contribution is 2.40. The molecule has 0 saturated carbocycles. The molecular formula is C83H70O26. The Labute approximate surface area is 623 Å². The van der Waals surface area contributed by atoms with E-state index in [1.165, 1.54) is 194 Å². The van der Waals surface area contributed by atoms with Gasteiger partial charge in [-0.3, -0.25) is 4.79 Å². The maximum atomic E-state index is 15.4. The molecule has 0 bridgehead atoms. The molecule has 0 aromatic heterocycles. The Morgan fingerprint density at radius 2 is 0.450 bits per heavy atom. The van der Waals surface area contributed by atoms with Crippen LogP contribution in [0.25, 0.3) is 0 Å². The summed E-state index contributed by atoms with van der Waals surface area (Å²) in [7, 11) is 0. The first-order chi connectivity index (χ1) is 53.0. The number of carbonyl (C=O) groups excluding carboxylic acids is 10. The molecule has 3 fully saturated rings. The fourth-order valence-electron chi connectivity index (χ4n) is 12.0. The van der Waals surface area contributed by atoms with Crippen molar-refractivity contribution in [3.8, 4) is 0 Å². The van der Waals surface area contributed by atoms with Crippen LogP contribution < -0.4 is 0 Å². The number of aliphatic hydroxyl groups excluding tert-OH is 1. The zero-order chi connectivity index (χ0) is 76.2. The number of rotatable bonds is 26. The molecule has 26 heteroatoms. The summed E-state index contributed by atoms with van der Waals surface area (Å²) in [5, 5.41) is 12.5. The normalized spacial score (nSPS) is 23.5. The van der Waals surface area contributed by atoms with Gasteiger partial charge in [-0.2, -0.15) is 0 Å². The zero-order valence-corrected chi connectivity index (χ0v) is 57.9. The average molecular weight is 1480 g/mol. The fourth-order valence-corrected chi connectivity index (χ4v) is 12.0. The number of esters is 10. The maximum absolute atomic E-state index is 15.4. The first-order valence-electron chi connectivity index (χ1n) is 34.4. The topological polar surface area (TPSA) is 329 Å². The molecule has 3 aliphatic heterocycles. The molecular weight excluding hydrogens is 1410 g/mol. The van der Waals surface area contributed by atoms with Crippen molar-refractivity contribution in [2.24, 2.45) is 0 Å². The predicted octanol–water partition coefficient (Wildman–Crippen LogP) is 9.78. The lowest BCUT2D eigenvalue weighted by molar-refractivity contribution is -0.376. The van der Waals surface area contributed by atoms with Gasteiger partial charge in [0.1, 0.15) is 50.3 Å². The van der Waals surface area contributed by atoms with Crippen LogP contribution in [0.5, 0.6) is 0 Å². The molecule has 0 unspecified atom stereocenters. The van der Waals surface area contributed by atoms with E-state index >= 15 is 14.4 Å². The molecule has 9 aromatic carbocycles. The lowest BCUT2D eigenvalue weighted by Gasteiger charge is -2.50. The molecule has 9 aromatic rings. The molecule has 558 valence electrons. The molecule has 109 heavy (non-hydrogen) atoms.